The lowest BCUT2D eigenvalue weighted by molar-refractivity contribution is 0.440. The summed E-state index contributed by atoms with van der Waals surface area (Å²) in [7, 11) is -3.47. The van der Waals surface area contributed by atoms with E-state index < -0.39 is 10.0 Å². The van der Waals surface area contributed by atoms with Crippen LogP contribution in [0.25, 0.3) is 10.8 Å². The molecule has 3 nitrogen and oxygen atoms in total. The van der Waals surface area contributed by atoms with Crippen molar-refractivity contribution in [3.05, 3.63) is 42.5 Å². The van der Waals surface area contributed by atoms with Crippen molar-refractivity contribution < 1.29 is 8.42 Å². The van der Waals surface area contributed by atoms with Gasteiger partial charge in [-0.1, -0.05) is 88.1 Å². The van der Waals surface area contributed by atoms with Crippen molar-refractivity contribution in [2.75, 3.05) is 0 Å². The molecular formula is C22H31NO2S. The van der Waals surface area contributed by atoms with E-state index in [0.29, 0.717) is 4.90 Å². The van der Waals surface area contributed by atoms with Crippen molar-refractivity contribution in [1.82, 2.24) is 4.72 Å². The Kier molecular flexibility index (Phi) is 7.09. The molecule has 0 aromatic heterocycles. The van der Waals surface area contributed by atoms with E-state index in [1.807, 2.05) is 30.3 Å². The van der Waals surface area contributed by atoms with E-state index in [1.165, 1.54) is 44.9 Å². The molecule has 0 aliphatic heterocycles. The van der Waals surface area contributed by atoms with Crippen LogP contribution in [0.5, 0.6) is 0 Å². The molecule has 0 atom stereocenters. The second-order valence-electron chi connectivity index (χ2n) is 7.59. The molecule has 0 spiro atoms. The molecule has 1 N–H and O–H groups in total. The van der Waals surface area contributed by atoms with Crippen molar-refractivity contribution in [2.45, 2.75) is 81.6 Å². The minimum atomic E-state index is -3.47. The Morgan fingerprint density at radius 1 is 0.692 bits per heavy atom. The van der Waals surface area contributed by atoms with Crippen LogP contribution in [0.3, 0.4) is 0 Å². The van der Waals surface area contributed by atoms with Gasteiger partial charge in [0.15, 0.2) is 0 Å². The van der Waals surface area contributed by atoms with Gasteiger partial charge in [0.2, 0.25) is 10.0 Å². The summed E-state index contributed by atoms with van der Waals surface area (Å²) in [5, 5.41) is 2.03. The number of fused-ring (bicyclic) bond motifs is 1. The summed E-state index contributed by atoms with van der Waals surface area (Å²) in [5.74, 6) is 0. The van der Waals surface area contributed by atoms with Crippen LogP contribution in [-0.4, -0.2) is 14.5 Å². The molecule has 3 rings (SSSR count). The maximum absolute atomic E-state index is 12.9. The highest BCUT2D eigenvalue weighted by molar-refractivity contribution is 7.89. The molecule has 0 amide bonds. The van der Waals surface area contributed by atoms with E-state index in [0.717, 1.165) is 36.5 Å². The maximum Gasteiger partial charge on any atom is 0.240 e. The summed E-state index contributed by atoms with van der Waals surface area (Å²) in [5.41, 5.74) is 0. The third-order valence-corrected chi connectivity index (χ3v) is 6.98. The first kappa shape index (κ1) is 19.4. The predicted molar refractivity (Wildman–Crippen MR) is 109 cm³/mol. The van der Waals surface area contributed by atoms with Crippen LogP contribution in [-0.2, 0) is 10.0 Å². The lowest BCUT2D eigenvalue weighted by atomic mass is 9.98. The SMILES string of the molecule is O=S(=O)(NC1CCCCCCCCCCC1)c1ccc2ccccc2c1. The number of sulfonamides is 1. The molecule has 0 bridgehead atoms. The molecule has 2 aromatic carbocycles. The average Bonchev–Trinajstić information content (AvgIpc) is 2.63. The highest BCUT2D eigenvalue weighted by atomic mass is 32.2. The van der Waals surface area contributed by atoms with Gasteiger partial charge >= 0.3 is 0 Å². The largest absolute Gasteiger partial charge is 0.240 e. The Hall–Kier alpha value is -1.39. The van der Waals surface area contributed by atoms with Gasteiger partial charge in [-0.2, -0.15) is 0 Å². The molecule has 1 aliphatic rings. The Morgan fingerprint density at radius 3 is 1.85 bits per heavy atom. The van der Waals surface area contributed by atoms with Crippen LogP contribution in [0, 0.1) is 0 Å². The highest BCUT2D eigenvalue weighted by Crippen LogP contribution is 2.21. The molecule has 0 heterocycles. The van der Waals surface area contributed by atoms with Gasteiger partial charge in [0.05, 0.1) is 4.90 Å². The quantitative estimate of drug-likeness (QED) is 0.740. The van der Waals surface area contributed by atoms with Crippen LogP contribution >= 0.6 is 0 Å². The molecule has 26 heavy (non-hydrogen) atoms. The zero-order chi connectivity index (χ0) is 18.2. The van der Waals surface area contributed by atoms with Crippen molar-refractivity contribution in [1.29, 1.82) is 0 Å². The van der Waals surface area contributed by atoms with E-state index >= 15 is 0 Å². The van der Waals surface area contributed by atoms with Gasteiger partial charge in [0.1, 0.15) is 0 Å². The van der Waals surface area contributed by atoms with E-state index in [2.05, 4.69) is 4.72 Å². The van der Waals surface area contributed by atoms with E-state index in [-0.39, 0.29) is 6.04 Å². The third-order valence-electron chi connectivity index (χ3n) is 5.46. The molecule has 0 unspecified atom stereocenters. The smallest absolute Gasteiger partial charge is 0.208 e. The molecular weight excluding hydrogens is 342 g/mol. The summed E-state index contributed by atoms with van der Waals surface area (Å²) in [4.78, 5) is 0.377. The zero-order valence-corrected chi connectivity index (χ0v) is 16.4. The number of nitrogens with one attached hydrogen (secondary N) is 1. The van der Waals surface area contributed by atoms with Crippen LogP contribution in [0.1, 0.15) is 70.6 Å². The number of hydrogen-bond acceptors (Lipinski definition) is 2. The maximum atomic E-state index is 12.9. The Bertz CT molecular complexity index is 789. The van der Waals surface area contributed by atoms with E-state index in [4.69, 9.17) is 0 Å². The second kappa shape index (κ2) is 9.52. The Morgan fingerprint density at radius 2 is 1.23 bits per heavy atom. The van der Waals surface area contributed by atoms with Crippen LogP contribution in [0.4, 0.5) is 0 Å². The molecule has 142 valence electrons. The molecule has 4 heteroatoms. The van der Waals surface area contributed by atoms with Gasteiger partial charge in [0.25, 0.3) is 0 Å². The fourth-order valence-electron chi connectivity index (χ4n) is 3.90. The zero-order valence-electron chi connectivity index (χ0n) is 15.6. The fraction of sp³-hybridized carbons (Fsp3) is 0.545. The second-order valence-corrected chi connectivity index (χ2v) is 9.30. The molecule has 2 aromatic rings. The summed E-state index contributed by atoms with van der Waals surface area (Å²) < 4.78 is 28.8. The summed E-state index contributed by atoms with van der Waals surface area (Å²) in [6.07, 6.45) is 13.1. The van der Waals surface area contributed by atoms with Crippen molar-refractivity contribution in [3.8, 4) is 0 Å². The molecule has 0 saturated heterocycles. The monoisotopic (exact) mass is 373 g/mol. The molecule has 1 aliphatic carbocycles. The average molecular weight is 374 g/mol. The fourth-order valence-corrected chi connectivity index (χ4v) is 5.24. The molecule has 1 saturated carbocycles. The predicted octanol–water partition coefficient (Wildman–Crippen LogP) is 5.79. The van der Waals surface area contributed by atoms with Gasteiger partial charge in [0, 0.05) is 6.04 Å². The van der Waals surface area contributed by atoms with Gasteiger partial charge in [-0.25, -0.2) is 13.1 Å². The number of hydrogen-bond donors (Lipinski definition) is 1. The van der Waals surface area contributed by atoms with Gasteiger partial charge < -0.3 is 0 Å². The first-order valence-electron chi connectivity index (χ1n) is 10.2. The van der Waals surface area contributed by atoms with Gasteiger partial charge in [-0.3, -0.25) is 0 Å². The lowest BCUT2D eigenvalue weighted by Crippen LogP contribution is -2.35. The van der Waals surface area contributed by atoms with E-state index in [1.54, 1.807) is 12.1 Å². The first-order valence-corrected chi connectivity index (χ1v) is 11.6. The standard InChI is InChI=1S/C22H31NO2S/c24-26(25,22-17-16-19-12-10-11-13-20(19)18-22)23-21-14-8-6-4-2-1-3-5-7-9-15-21/h10-13,16-18,21,23H,1-9,14-15H2. The third kappa shape index (κ3) is 5.55. The Balaban J connectivity index is 1.70. The van der Waals surface area contributed by atoms with Crippen molar-refractivity contribution >= 4 is 20.8 Å². The number of rotatable bonds is 3. The summed E-state index contributed by atoms with van der Waals surface area (Å²) >= 11 is 0. The minimum Gasteiger partial charge on any atom is -0.208 e. The highest BCUT2D eigenvalue weighted by Gasteiger charge is 2.20. The first-order chi connectivity index (χ1) is 12.6. The van der Waals surface area contributed by atoms with Gasteiger partial charge in [-0.05, 0) is 35.7 Å². The van der Waals surface area contributed by atoms with Gasteiger partial charge in [-0.15, -0.1) is 0 Å². The van der Waals surface area contributed by atoms with Crippen LogP contribution < -0.4 is 4.72 Å². The molecule has 1 fully saturated rings. The topological polar surface area (TPSA) is 46.2 Å². The molecule has 0 radical (unpaired) electrons. The Labute approximate surface area is 158 Å². The normalized spacial score (nSPS) is 18.9. The van der Waals surface area contributed by atoms with Crippen molar-refractivity contribution in [3.63, 3.8) is 0 Å². The summed E-state index contributed by atoms with van der Waals surface area (Å²) in [6, 6.07) is 13.3. The van der Waals surface area contributed by atoms with Crippen molar-refractivity contribution in [2.24, 2.45) is 0 Å². The van der Waals surface area contributed by atoms with E-state index in [9.17, 15) is 8.42 Å². The summed E-state index contributed by atoms with van der Waals surface area (Å²) in [6.45, 7) is 0. The van der Waals surface area contributed by atoms with Crippen LogP contribution in [0.2, 0.25) is 0 Å². The number of benzene rings is 2. The lowest BCUT2D eigenvalue weighted by Gasteiger charge is -2.20. The van der Waals surface area contributed by atoms with Crippen LogP contribution in [0.15, 0.2) is 47.4 Å². The minimum absolute atomic E-state index is 0.0610.